The van der Waals surface area contributed by atoms with E-state index in [2.05, 4.69) is 0 Å². The van der Waals surface area contributed by atoms with Crippen molar-refractivity contribution < 1.29 is 24.2 Å². The summed E-state index contributed by atoms with van der Waals surface area (Å²) in [6, 6.07) is 6.26. The molecule has 1 atom stereocenters. The van der Waals surface area contributed by atoms with E-state index in [9.17, 15) is 19.1 Å². The maximum atomic E-state index is 14.0. The number of aliphatic hydroxyl groups is 1. The first kappa shape index (κ1) is 20.8. The van der Waals surface area contributed by atoms with Gasteiger partial charge in [-0.1, -0.05) is 38.1 Å². The van der Waals surface area contributed by atoms with Gasteiger partial charge in [0.05, 0.1) is 0 Å². The molecule has 0 saturated heterocycles. The van der Waals surface area contributed by atoms with Crippen molar-refractivity contribution in [1.29, 1.82) is 0 Å². The van der Waals surface area contributed by atoms with Gasteiger partial charge in [-0.25, -0.2) is 9.18 Å². The SMILES string of the molecule is CC1=C(Cc2ccccc2F)C(=O)CC(C)(C)[C@@]1(O)/C=C/C(C)=C\C(=O)O. The van der Waals surface area contributed by atoms with E-state index in [1.807, 2.05) is 0 Å². The van der Waals surface area contributed by atoms with E-state index in [0.717, 1.165) is 6.08 Å². The fourth-order valence-corrected chi connectivity index (χ4v) is 3.50. The quantitative estimate of drug-likeness (QED) is 0.605. The second-order valence-corrected chi connectivity index (χ2v) is 7.68. The fraction of sp³-hybridized carbons (Fsp3) is 0.364. The first-order valence-electron chi connectivity index (χ1n) is 8.77. The average Bonchev–Trinajstić information content (AvgIpc) is 2.56. The maximum Gasteiger partial charge on any atom is 0.328 e. The average molecular weight is 372 g/mol. The Morgan fingerprint density at radius 2 is 1.93 bits per heavy atom. The molecule has 0 saturated carbocycles. The number of carbonyl (C=O) groups excluding carboxylic acids is 1. The van der Waals surface area contributed by atoms with Gasteiger partial charge in [-0.05, 0) is 42.7 Å². The van der Waals surface area contributed by atoms with Gasteiger partial charge < -0.3 is 10.2 Å². The van der Waals surface area contributed by atoms with Crippen molar-refractivity contribution in [3.05, 3.63) is 70.6 Å². The van der Waals surface area contributed by atoms with E-state index in [1.54, 1.807) is 45.9 Å². The zero-order chi connectivity index (χ0) is 20.4. The molecule has 1 aliphatic rings. The van der Waals surface area contributed by atoms with Gasteiger partial charge in [0.2, 0.25) is 0 Å². The number of hydrogen-bond donors (Lipinski definition) is 2. The Morgan fingerprint density at radius 1 is 1.30 bits per heavy atom. The van der Waals surface area contributed by atoms with E-state index in [1.165, 1.54) is 18.2 Å². The van der Waals surface area contributed by atoms with Crippen molar-refractivity contribution in [3.63, 3.8) is 0 Å². The second kappa shape index (κ2) is 7.61. The molecule has 0 radical (unpaired) electrons. The summed E-state index contributed by atoms with van der Waals surface area (Å²) in [5.74, 6) is -1.58. The van der Waals surface area contributed by atoms with Crippen molar-refractivity contribution in [2.45, 2.75) is 46.1 Å². The molecule has 1 aliphatic carbocycles. The van der Waals surface area contributed by atoms with Gasteiger partial charge in [0, 0.05) is 29.9 Å². The Hall–Kier alpha value is -2.53. The van der Waals surface area contributed by atoms with E-state index < -0.39 is 22.8 Å². The molecular formula is C22H25FO4. The third-order valence-corrected chi connectivity index (χ3v) is 5.26. The van der Waals surface area contributed by atoms with Crippen molar-refractivity contribution >= 4 is 11.8 Å². The van der Waals surface area contributed by atoms with Crippen LogP contribution in [0, 0.1) is 11.2 Å². The van der Waals surface area contributed by atoms with Crippen molar-refractivity contribution in [3.8, 4) is 0 Å². The first-order valence-corrected chi connectivity index (χ1v) is 8.77. The van der Waals surface area contributed by atoms with Crippen molar-refractivity contribution in [2.24, 2.45) is 5.41 Å². The Bertz CT molecular complexity index is 861. The number of rotatable bonds is 5. The van der Waals surface area contributed by atoms with Crippen molar-refractivity contribution in [2.75, 3.05) is 0 Å². The van der Waals surface area contributed by atoms with E-state index in [-0.39, 0.29) is 18.6 Å². The van der Waals surface area contributed by atoms with Gasteiger partial charge in [0.15, 0.2) is 5.78 Å². The van der Waals surface area contributed by atoms with Crippen LogP contribution in [0.4, 0.5) is 4.39 Å². The molecule has 0 aromatic heterocycles. The van der Waals surface area contributed by atoms with E-state index in [0.29, 0.717) is 22.3 Å². The summed E-state index contributed by atoms with van der Waals surface area (Å²) in [6.45, 7) is 6.87. The molecule has 5 heteroatoms. The van der Waals surface area contributed by atoms with Gasteiger partial charge in [0.25, 0.3) is 0 Å². The Kier molecular flexibility index (Phi) is 5.85. The van der Waals surface area contributed by atoms with Gasteiger partial charge >= 0.3 is 5.97 Å². The molecular weight excluding hydrogens is 347 g/mol. The molecule has 0 aliphatic heterocycles. The smallest absolute Gasteiger partial charge is 0.328 e. The molecule has 27 heavy (non-hydrogen) atoms. The van der Waals surface area contributed by atoms with Crippen molar-refractivity contribution in [1.82, 2.24) is 0 Å². The van der Waals surface area contributed by atoms with Crippen LogP contribution in [-0.2, 0) is 16.0 Å². The second-order valence-electron chi connectivity index (χ2n) is 7.68. The molecule has 1 aromatic carbocycles. The minimum atomic E-state index is -1.45. The topological polar surface area (TPSA) is 74.6 Å². The third-order valence-electron chi connectivity index (χ3n) is 5.26. The van der Waals surface area contributed by atoms with Crippen LogP contribution >= 0.6 is 0 Å². The van der Waals surface area contributed by atoms with Gasteiger partial charge in [-0.2, -0.15) is 0 Å². The summed E-state index contributed by atoms with van der Waals surface area (Å²) >= 11 is 0. The maximum absolute atomic E-state index is 14.0. The number of carboxylic acids is 1. The molecule has 1 aromatic rings. The van der Waals surface area contributed by atoms with Crippen LogP contribution in [0.5, 0.6) is 0 Å². The predicted octanol–water partition coefficient (Wildman–Crippen LogP) is 4.00. The number of carboxylic acid groups (broad SMARTS) is 1. The highest BCUT2D eigenvalue weighted by molar-refractivity contribution is 5.98. The zero-order valence-electron chi connectivity index (χ0n) is 16.0. The Labute approximate surface area is 158 Å². The molecule has 144 valence electrons. The number of Topliss-reactive ketones (excluding diaryl/α,β-unsaturated/α-hetero) is 1. The van der Waals surface area contributed by atoms with Crippen LogP contribution in [0.3, 0.4) is 0 Å². The number of ketones is 1. The summed E-state index contributed by atoms with van der Waals surface area (Å²) in [4.78, 5) is 23.5. The Balaban J connectivity index is 2.52. The number of halogens is 1. The summed E-state index contributed by atoms with van der Waals surface area (Å²) < 4.78 is 14.0. The lowest BCUT2D eigenvalue weighted by Crippen LogP contribution is -2.49. The number of hydrogen-bond acceptors (Lipinski definition) is 3. The first-order chi connectivity index (χ1) is 12.5. The predicted molar refractivity (Wildman–Crippen MR) is 102 cm³/mol. The zero-order valence-corrected chi connectivity index (χ0v) is 16.0. The lowest BCUT2D eigenvalue weighted by atomic mass is 9.62. The van der Waals surface area contributed by atoms with Gasteiger partial charge in [-0.15, -0.1) is 0 Å². The largest absolute Gasteiger partial charge is 0.478 e. The summed E-state index contributed by atoms with van der Waals surface area (Å²) in [6.07, 6.45) is 4.32. The number of carbonyl (C=O) groups is 2. The van der Waals surface area contributed by atoms with Crippen LogP contribution in [0.25, 0.3) is 0 Å². The molecule has 0 heterocycles. The van der Waals surface area contributed by atoms with Crippen LogP contribution in [0.2, 0.25) is 0 Å². The van der Waals surface area contributed by atoms with E-state index in [4.69, 9.17) is 5.11 Å². The van der Waals surface area contributed by atoms with Crippen LogP contribution in [-0.4, -0.2) is 27.6 Å². The normalized spacial score (nSPS) is 23.2. The monoisotopic (exact) mass is 372 g/mol. The molecule has 0 unspecified atom stereocenters. The Morgan fingerprint density at radius 3 is 2.52 bits per heavy atom. The molecule has 0 spiro atoms. The van der Waals surface area contributed by atoms with E-state index >= 15 is 0 Å². The number of aliphatic carboxylic acids is 1. The highest BCUT2D eigenvalue weighted by Crippen LogP contribution is 2.47. The van der Waals surface area contributed by atoms with Crippen LogP contribution < -0.4 is 0 Å². The lowest BCUT2D eigenvalue weighted by molar-refractivity contribution is -0.131. The molecule has 0 bridgehead atoms. The molecule has 0 fully saturated rings. The van der Waals surface area contributed by atoms with Gasteiger partial charge in [0.1, 0.15) is 11.4 Å². The minimum Gasteiger partial charge on any atom is -0.478 e. The summed E-state index contributed by atoms with van der Waals surface area (Å²) in [5.41, 5.74) is -0.514. The molecule has 2 N–H and O–H groups in total. The number of allylic oxidation sites excluding steroid dienone is 3. The highest BCUT2D eigenvalue weighted by Gasteiger charge is 2.49. The summed E-state index contributed by atoms with van der Waals surface area (Å²) in [5, 5.41) is 20.3. The van der Waals surface area contributed by atoms with Crippen LogP contribution in [0.1, 0.15) is 39.7 Å². The highest BCUT2D eigenvalue weighted by atomic mass is 19.1. The molecule has 4 nitrogen and oxygen atoms in total. The van der Waals surface area contributed by atoms with Crippen LogP contribution in [0.15, 0.2) is 59.2 Å². The standard InChI is InChI=1S/C22H25FO4/c1-14(11-20(25)26)9-10-22(27)15(2)17(19(24)13-21(22,3)4)12-16-7-5-6-8-18(16)23/h5-11,27H,12-13H2,1-4H3,(H,25,26)/b10-9+,14-11-/t22-/m1/s1. The summed E-state index contributed by atoms with van der Waals surface area (Å²) in [7, 11) is 0. The molecule has 2 rings (SSSR count). The number of benzene rings is 1. The fourth-order valence-electron chi connectivity index (χ4n) is 3.50. The lowest BCUT2D eigenvalue weighted by Gasteiger charge is -2.45. The van der Waals surface area contributed by atoms with Gasteiger partial charge in [-0.3, -0.25) is 4.79 Å². The third kappa shape index (κ3) is 4.25. The minimum absolute atomic E-state index is 0.105. The molecule has 0 amide bonds.